The molecule has 0 spiro atoms. The zero-order chi connectivity index (χ0) is 16.5. The lowest BCUT2D eigenvalue weighted by molar-refractivity contribution is 0.625. The Labute approximate surface area is 136 Å². The Kier molecular flexibility index (Phi) is 3.39. The lowest BCUT2D eigenvalue weighted by Gasteiger charge is -2.11. The van der Waals surface area contributed by atoms with E-state index in [0.29, 0.717) is 16.8 Å². The van der Waals surface area contributed by atoms with Gasteiger partial charge < -0.3 is 0 Å². The summed E-state index contributed by atoms with van der Waals surface area (Å²) in [6, 6.07) is 16.6. The largest absolute Gasteiger partial charge is 0.268 e. The van der Waals surface area contributed by atoms with Crippen molar-refractivity contribution in [1.29, 1.82) is 0 Å². The first kappa shape index (κ1) is 14.3. The molecule has 0 fully saturated rings. The van der Waals surface area contributed by atoms with Gasteiger partial charge in [-0.25, -0.2) is 9.49 Å². The van der Waals surface area contributed by atoms with Crippen LogP contribution < -0.4 is 5.56 Å². The first-order valence-corrected chi connectivity index (χ1v) is 7.42. The van der Waals surface area contributed by atoms with Gasteiger partial charge >= 0.3 is 0 Å². The first-order valence-electron chi connectivity index (χ1n) is 7.42. The second-order valence-corrected chi connectivity index (χ2v) is 5.38. The maximum Gasteiger partial charge on any atom is 0.264 e. The minimum Gasteiger partial charge on any atom is -0.268 e. The Hall–Kier alpha value is -3.34. The van der Waals surface area contributed by atoms with Gasteiger partial charge in [0.2, 0.25) is 0 Å². The molecule has 2 aromatic carbocycles. The summed E-state index contributed by atoms with van der Waals surface area (Å²) in [5.41, 5.74) is 1.71. The number of aromatic nitrogens is 3. The van der Waals surface area contributed by atoms with E-state index in [1.54, 1.807) is 6.07 Å². The van der Waals surface area contributed by atoms with E-state index in [4.69, 9.17) is 0 Å². The maximum atomic E-state index is 14.2. The topological polar surface area (TPSA) is 58.6 Å². The second kappa shape index (κ2) is 5.70. The second-order valence-electron chi connectivity index (χ2n) is 5.38. The van der Waals surface area contributed by atoms with Crippen molar-refractivity contribution in [2.24, 2.45) is 0 Å². The van der Waals surface area contributed by atoms with Crippen molar-refractivity contribution < 1.29 is 4.39 Å². The number of nitrogens with one attached hydrogen (secondary N) is 1. The van der Waals surface area contributed by atoms with Gasteiger partial charge in [0.1, 0.15) is 5.82 Å². The van der Waals surface area contributed by atoms with Crippen molar-refractivity contribution in [1.82, 2.24) is 15.2 Å². The number of benzene rings is 2. The van der Waals surface area contributed by atoms with Crippen molar-refractivity contribution in [3.63, 3.8) is 0 Å². The Morgan fingerprint density at radius 3 is 2.62 bits per heavy atom. The van der Waals surface area contributed by atoms with E-state index in [1.165, 1.54) is 12.3 Å². The van der Waals surface area contributed by atoms with E-state index in [-0.39, 0.29) is 5.56 Å². The summed E-state index contributed by atoms with van der Waals surface area (Å²) < 4.78 is 14.2. The predicted octanol–water partition coefficient (Wildman–Crippen LogP) is 3.79. The summed E-state index contributed by atoms with van der Waals surface area (Å²) in [5, 5.41) is 8.67. The number of H-pyrrole nitrogens is 1. The summed E-state index contributed by atoms with van der Waals surface area (Å²) in [6.07, 6.45) is 2.62. The van der Waals surface area contributed by atoms with Crippen LogP contribution >= 0.6 is 0 Å². The van der Waals surface area contributed by atoms with E-state index in [1.807, 2.05) is 42.5 Å². The average Bonchev–Trinajstić information content (AvgIpc) is 2.62. The summed E-state index contributed by atoms with van der Waals surface area (Å²) >= 11 is 0. The van der Waals surface area contributed by atoms with Gasteiger partial charge in [-0.05, 0) is 16.8 Å². The number of hydrogen-bond donors (Lipinski definition) is 1. The third kappa shape index (κ3) is 2.36. The number of nitrogens with zero attached hydrogens (tertiary/aromatic N) is 2. The molecule has 4 aromatic rings. The van der Waals surface area contributed by atoms with E-state index in [0.717, 1.165) is 22.5 Å². The Balaban J connectivity index is 2.06. The Bertz CT molecular complexity index is 1100. The quantitative estimate of drug-likeness (QED) is 0.612. The third-order valence-corrected chi connectivity index (χ3v) is 3.92. The standard InChI is InChI=1S/C19H12FN3O/c20-17-11-21-9-8-14(17)16-10-18(24)22-23-19(16)15-7-3-5-12-4-1-2-6-13(12)15/h1-11H,(H,22,24). The van der Waals surface area contributed by atoms with Gasteiger partial charge in [0.15, 0.2) is 0 Å². The highest BCUT2D eigenvalue weighted by Gasteiger charge is 2.15. The molecule has 116 valence electrons. The number of hydrogen-bond acceptors (Lipinski definition) is 3. The molecule has 0 aliphatic carbocycles. The molecule has 0 radical (unpaired) electrons. The molecule has 2 heterocycles. The highest BCUT2D eigenvalue weighted by molar-refractivity contribution is 5.99. The highest BCUT2D eigenvalue weighted by Crippen LogP contribution is 2.34. The van der Waals surface area contributed by atoms with Crippen LogP contribution in [0.4, 0.5) is 4.39 Å². The molecule has 0 aliphatic rings. The van der Waals surface area contributed by atoms with E-state index >= 15 is 0 Å². The summed E-state index contributed by atoms with van der Waals surface area (Å²) in [7, 11) is 0. The van der Waals surface area contributed by atoms with Crippen LogP contribution in [0.3, 0.4) is 0 Å². The minimum absolute atomic E-state index is 0.298. The van der Waals surface area contributed by atoms with Gasteiger partial charge in [0, 0.05) is 29.0 Å². The predicted molar refractivity (Wildman–Crippen MR) is 91.0 cm³/mol. The summed E-state index contributed by atoms with van der Waals surface area (Å²) in [4.78, 5) is 15.5. The molecule has 0 saturated heterocycles. The lowest BCUT2D eigenvalue weighted by Crippen LogP contribution is -2.09. The molecule has 1 N–H and O–H groups in total. The molecule has 0 atom stereocenters. The van der Waals surface area contributed by atoms with Crippen LogP contribution in [-0.4, -0.2) is 15.2 Å². The molecule has 0 aliphatic heterocycles. The third-order valence-electron chi connectivity index (χ3n) is 3.92. The molecule has 5 heteroatoms. The molecule has 4 nitrogen and oxygen atoms in total. The van der Waals surface area contributed by atoms with Gasteiger partial charge in [0.25, 0.3) is 5.56 Å². The van der Waals surface area contributed by atoms with Gasteiger partial charge in [0.05, 0.1) is 11.9 Å². The zero-order valence-electron chi connectivity index (χ0n) is 12.5. The molecule has 24 heavy (non-hydrogen) atoms. The Morgan fingerprint density at radius 1 is 0.917 bits per heavy atom. The molecule has 0 amide bonds. The van der Waals surface area contributed by atoms with Gasteiger partial charge in [-0.15, -0.1) is 0 Å². The van der Waals surface area contributed by atoms with Crippen molar-refractivity contribution in [3.05, 3.63) is 83.2 Å². The first-order chi connectivity index (χ1) is 11.7. The van der Waals surface area contributed by atoms with Crippen molar-refractivity contribution in [2.75, 3.05) is 0 Å². The average molecular weight is 317 g/mol. The van der Waals surface area contributed by atoms with Crippen LogP contribution in [0, 0.1) is 5.82 Å². The lowest BCUT2D eigenvalue weighted by atomic mass is 9.96. The van der Waals surface area contributed by atoms with Crippen LogP contribution in [0.25, 0.3) is 33.2 Å². The zero-order valence-corrected chi connectivity index (χ0v) is 12.5. The van der Waals surface area contributed by atoms with Gasteiger partial charge in [-0.3, -0.25) is 9.78 Å². The van der Waals surface area contributed by atoms with Gasteiger partial charge in [-0.1, -0.05) is 42.5 Å². The fourth-order valence-corrected chi connectivity index (χ4v) is 2.84. The van der Waals surface area contributed by atoms with Crippen molar-refractivity contribution in [2.45, 2.75) is 0 Å². The molecule has 4 rings (SSSR count). The molecule has 0 bridgehead atoms. The molecular formula is C19H12FN3O. The maximum absolute atomic E-state index is 14.2. The minimum atomic E-state index is -0.494. The monoisotopic (exact) mass is 317 g/mol. The fourth-order valence-electron chi connectivity index (χ4n) is 2.84. The SMILES string of the molecule is O=c1cc(-c2ccncc2F)c(-c2cccc3ccccc23)n[nH]1. The van der Waals surface area contributed by atoms with Crippen LogP contribution in [0.5, 0.6) is 0 Å². The van der Waals surface area contributed by atoms with E-state index in [9.17, 15) is 9.18 Å². The number of halogens is 1. The van der Waals surface area contributed by atoms with Crippen LogP contribution in [-0.2, 0) is 0 Å². The van der Waals surface area contributed by atoms with E-state index in [2.05, 4.69) is 15.2 Å². The molecular weight excluding hydrogens is 305 g/mol. The van der Waals surface area contributed by atoms with Crippen LogP contribution in [0.15, 0.2) is 71.8 Å². The summed E-state index contributed by atoms with van der Waals surface area (Å²) in [5.74, 6) is -0.494. The number of aromatic amines is 1. The highest BCUT2D eigenvalue weighted by atomic mass is 19.1. The van der Waals surface area contributed by atoms with Crippen LogP contribution in [0.1, 0.15) is 0 Å². The van der Waals surface area contributed by atoms with E-state index < -0.39 is 5.82 Å². The number of pyridine rings is 1. The number of fused-ring (bicyclic) bond motifs is 1. The molecule has 0 saturated carbocycles. The summed E-state index contributed by atoms with van der Waals surface area (Å²) in [6.45, 7) is 0. The normalized spacial score (nSPS) is 10.9. The smallest absolute Gasteiger partial charge is 0.264 e. The fraction of sp³-hybridized carbons (Fsp3) is 0. The van der Waals surface area contributed by atoms with Crippen molar-refractivity contribution >= 4 is 10.8 Å². The van der Waals surface area contributed by atoms with Crippen molar-refractivity contribution in [3.8, 4) is 22.4 Å². The Morgan fingerprint density at radius 2 is 1.75 bits per heavy atom. The van der Waals surface area contributed by atoms with Gasteiger partial charge in [-0.2, -0.15) is 5.10 Å². The number of rotatable bonds is 2. The van der Waals surface area contributed by atoms with Crippen LogP contribution in [0.2, 0.25) is 0 Å². The molecule has 2 aromatic heterocycles. The molecule has 0 unspecified atom stereocenters.